The second kappa shape index (κ2) is 14.7. The first-order chi connectivity index (χ1) is 20.6. The minimum absolute atomic E-state index is 0.0481. The lowest BCUT2D eigenvalue weighted by Crippen LogP contribution is -2.52. The van der Waals surface area contributed by atoms with Crippen molar-refractivity contribution in [2.45, 2.75) is 37.6 Å². The van der Waals surface area contributed by atoms with Gasteiger partial charge in [0, 0.05) is 42.0 Å². The van der Waals surface area contributed by atoms with Crippen LogP contribution in [0.1, 0.15) is 41.2 Å². The first-order valence-electron chi connectivity index (χ1n) is 13.5. The Morgan fingerprint density at radius 2 is 1.90 bits per heavy atom. The Morgan fingerprint density at radius 3 is 2.62 bits per heavy atom. The Morgan fingerprint density at radius 1 is 1.17 bits per heavy atom. The van der Waals surface area contributed by atoms with E-state index in [1.54, 1.807) is 37.5 Å². The molecule has 0 radical (unpaired) electrons. The van der Waals surface area contributed by atoms with Crippen molar-refractivity contribution in [2.24, 2.45) is 10.1 Å². The molecule has 1 aliphatic rings. The number of carbonyl (C=O) groups is 1. The van der Waals surface area contributed by atoms with Gasteiger partial charge in [0.2, 0.25) is 5.90 Å². The zero-order valence-corrected chi connectivity index (χ0v) is 23.4. The number of rotatable bonds is 15. The number of aliphatic imine (C=N–C) groups is 1. The topological polar surface area (TPSA) is 150 Å². The van der Waals surface area contributed by atoms with Crippen LogP contribution in [0.5, 0.6) is 11.5 Å². The molecular weight excluding hydrogens is 536 g/mol. The number of amides is 1. The second-order valence-electron chi connectivity index (χ2n) is 9.49. The minimum atomic E-state index is -1.42. The highest BCUT2D eigenvalue weighted by Gasteiger charge is 2.53. The largest absolute Gasteiger partial charge is 0.496 e. The summed E-state index contributed by atoms with van der Waals surface area (Å²) in [5.74, 6) is 1.19. The van der Waals surface area contributed by atoms with E-state index in [1.165, 1.54) is 0 Å². The van der Waals surface area contributed by atoms with Crippen molar-refractivity contribution >= 4 is 11.8 Å². The van der Waals surface area contributed by atoms with Crippen LogP contribution in [0.4, 0.5) is 0 Å². The molecule has 1 heterocycles. The van der Waals surface area contributed by atoms with Crippen LogP contribution in [0.2, 0.25) is 0 Å². The van der Waals surface area contributed by atoms with Crippen LogP contribution in [0, 0.1) is 0 Å². The predicted octanol–water partition coefficient (Wildman–Crippen LogP) is 4.92. The van der Waals surface area contributed by atoms with E-state index < -0.39 is 17.6 Å². The average molecular weight is 571 g/mol. The zero-order valence-electron chi connectivity index (χ0n) is 23.4. The smallest absolute Gasteiger partial charge is 0.266 e. The highest BCUT2D eigenvalue weighted by molar-refractivity contribution is 6.01. The number of nitrogens with zero attached hydrogens (tertiary/aromatic N) is 4. The third kappa shape index (κ3) is 6.90. The van der Waals surface area contributed by atoms with Crippen molar-refractivity contribution in [1.29, 1.82) is 0 Å². The molecule has 3 N–H and O–H groups in total. The van der Waals surface area contributed by atoms with Crippen molar-refractivity contribution in [3.63, 3.8) is 0 Å². The molecule has 3 aromatic carbocycles. The number of carbonyl (C=O) groups excluding carboxylic acids is 1. The molecule has 4 rings (SSSR count). The lowest BCUT2D eigenvalue weighted by molar-refractivity contribution is -0.130. The molecule has 11 nitrogen and oxygen atoms in total. The first kappa shape index (κ1) is 30.1. The molecule has 11 heteroatoms. The maximum atomic E-state index is 14.0. The number of nitrogens with one attached hydrogen (secondary N) is 2. The van der Waals surface area contributed by atoms with Gasteiger partial charge in [-0.1, -0.05) is 53.7 Å². The van der Waals surface area contributed by atoms with Gasteiger partial charge in [0.05, 0.1) is 20.3 Å². The fraction of sp³-hybridized carbons (Fsp3) is 0.290. The summed E-state index contributed by atoms with van der Waals surface area (Å²) >= 11 is 0. The van der Waals surface area contributed by atoms with Gasteiger partial charge >= 0.3 is 0 Å². The average Bonchev–Trinajstić information content (AvgIpc) is 3.41. The summed E-state index contributed by atoms with van der Waals surface area (Å²) in [6, 6.07) is 22.0. The fourth-order valence-electron chi connectivity index (χ4n) is 4.73. The highest BCUT2D eigenvalue weighted by atomic mass is 16.5. The number of methoxy groups -OCH3 is 1. The van der Waals surface area contributed by atoms with Gasteiger partial charge < -0.3 is 19.3 Å². The molecule has 42 heavy (non-hydrogen) atoms. The van der Waals surface area contributed by atoms with E-state index in [0.717, 1.165) is 5.56 Å². The summed E-state index contributed by atoms with van der Waals surface area (Å²) in [5.41, 5.74) is 16.3. The molecule has 0 spiro atoms. The third-order valence-corrected chi connectivity index (χ3v) is 6.80. The van der Waals surface area contributed by atoms with Gasteiger partial charge in [-0.25, -0.2) is 10.4 Å². The summed E-state index contributed by atoms with van der Waals surface area (Å²) < 4.78 is 17.5. The Hall–Kier alpha value is -4.83. The molecule has 218 valence electrons. The molecule has 0 aliphatic carbocycles. The lowest BCUT2D eigenvalue weighted by Gasteiger charge is -2.30. The Kier molecular flexibility index (Phi) is 10.5. The Balaban J connectivity index is 1.68. The van der Waals surface area contributed by atoms with E-state index in [2.05, 4.69) is 27.5 Å². The number of ether oxygens (including phenoxy) is 3. The van der Waals surface area contributed by atoms with Crippen LogP contribution < -0.4 is 20.3 Å². The quantitative estimate of drug-likeness (QED) is 0.0589. The van der Waals surface area contributed by atoms with Gasteiger partial charge in [0.15, 0.2) is 11.6 Å². The van der Waals surface area contributed by atoms with Gasteiger partial charge in [-0.15, -0.1) is 6.58 Å². The second-order valence-corrected chi connectivity index (χ2v) is 9.49. The first-order valence-corrected chi connectivity index (χ1v) is 13.5. The van der Waals surface area contributed by atoms with Crippen LogP contribution in [0.25, 0.3) is 10.4 Å². The number of aliphatic hydroxyl groups excluding tert-OH is 1. The van der Waals surface area contributed by atoms with Crippen molar-refractivity contribution in [3.8, 4) is 11.5 Å². The number of para-hydroxylation sites is 1. The summed E-state index contributed by atoms with van der Waals surface area (Å²) in [7, 11) is 1.59. The molecule has 0 saturated heterocycles. The van der Waals surface area contributed by atoms with Crippen LogP contribution in [0.15, 0.2) is 95.6 Å². The Bertz CT molecular complexity index is 1450. The molecule has 0 saturated carbocycles. The molecule has 0 bridgehead atoms. The SMILES string of the molecule is C=CC[C@]1(C(=O)NNCc2ccccc2OC)N=C(c2ccc(OCCCO)cc2)O[C@H]1c1ccccc1CN=[N+]=[N-]. The van der Waals surface area contributed by atoms with E-state index in [-0.39, 0.29) is 25.5 Å². The maximum absolute atomic E-state index is 14.0. The van der Waals surface area contributed by atoms with Crippen molar-refractivity contribution in [2.75, 3.05) is 20.3 Å². The summed E-state index contributed by atoms with van der Waals surface area (Å²) in [6.07, 6.45) is 1.49. The van der Waals surface area contributed by atoms with Gasteiger partial charge in [0.1, 0.15) is 11.5 Å². The zero-order chi connectivity index (χ0) is 29.8. The number of benzene rings is 3. The molecule has 3 aromatic rings. The third-order valence-electron chi connectivity index (χ3n) is 6.80. The number of aliphatic hydroxyl groups is 1. The summed E-state index contributed by atoms with van der Waals surface area (Å²) in [4.78, 5) is 21.8. The molecule has 1 aliphatic heterocycles. The molecule has 0 aromatic heterocycles. The van der Waals surface area contributed by atoms with Crippen LogP contribution in [-0.4, -0.2) is 42.8 Å². The number of hydrogen-bond acceptors (Lipinski definition) is 8. The predicted molar refractivity (Wildman–Crippen MR) is 159 cm³/mol. The van der Waals surface area contributed by atoms with Crippen molar-refractivity contribution in [3.05, 3.63) is 118 Å². The van der Waals surface area contributed by atoms with E-state index in [9.17, 15) is 4.79 Å². The minimum Gasteiger partial charge on any atom is -0.496 e. The Labute approximate surface area is 244 Å². The van der Waals surface area contributed by atoms with Gasteiger partial charge in [-0.05, 0) is 47.0 Å². The van der Waals surface area contributed by atoms with Crippen molar-refractivity contribution in [1.82, 2.24) is 10.9 Å². The molecule has 2 atom stereocenters. The number of azide groups is 1. The molecule has 0 fully saturated rings. The monoisotopic (exact) mass is 570 g/mol. The van der Waals surface area contributed by atoms with E-state index in [0.29, 0.717) is 47.8 Å². The number of hydrazine groups is 1. The van der Waals surface area contributed by atoms with Crippen LogP contribution in [-0.2, 0) is 22.6 Å². The summed E-state index contributed by atoms with van der Waals surface area (Å²) in [6.45, 7) is 4.74. The fourth-order valence-corrected chi connectivity index (χ4v) is 4.73. The van der Waals surface area contributed by atoms with Gasteiger partial charge in [0.25, 0.3) is 5.91 Å². The summed E-state index contributed by atoms with van der Waals surface area (Å²) in [5, 5.41) is 12.7. The molecule has 0 unspecified atom stereocenters. The molecule has 1 amide bonds. The van der Waals surface area contributed by atoms with E-state index in [1.807, 2.05) is 48.5 Å². The van der Waals surface area contributed by atoms with E-state index in [4.69, 9.17) is 29.8 Å². The number of hydrogen-bond donors (Lipinski definition) is 3. The van der Waals surface area contributed by atoms with E-state index >= 15 is 0 Å². The van der Waals surface area contributed by atoms with Gasteiger partial charge in [-0.3, -0.25) is 10.2 Å². The normalized spacial score (nSPS) is 17.4. The highest BCUT2D eigenvalue weighted by Crippen LogP contribution is 2.44. The van der Waals surface area contributed by atoms with Crippen LogP contribution in [0.3, 0.4) is 0 Å². The maximum Gasteiger partial charge on any atom is 0.266 e. The molecular formula is C31H34N6O5. The van der Waals surface area contributed by atoms with Gasteiger partial charge in [-0.2, -0.15) is 0 Å². The standard InChI is InChI=1S/C31H34N6O5/c1-3-17-31(30(39)36-33-21-24-10-5-7-12-27(24)40-2)28(26-11-6-4-9-23(26)20-34-37-32)42-29(35-31)22-13-15-25(16-14-22)41-19-8-18-38/h3-7,9-16,28,33,38H,1,8,17-21H2,2H3,(H,36,39)/t28-,31-/m0/s1. The lowest BCUT2D eigenvalue weighted by atomic mass is 9.83. The van der Waals surface area contributed by atoms with Crippen LogP contribution >= 0.6 is 0 Å². The van der Waals surface area contributed by atoms with Crippen molar-refractivity contribution < 1.29 is 24.1 Å².